The summed E-state index contributed by atoms with van der Waals surface area (Å²) in [7, 11) is 1.67. The molecule has 2 heterocycles. The van der Waals surface area contributed by atoms with Crippen LogP contribution in [0.5, 0.6) is 0 Å². The lowest BCUT2D eigenvalue weighted by Crippen LogP contribution is -2.56. The zero-order valence-corrected chi connectivity index (χ0v) is 22.2. The predicted octanol–water partition coefficient (Wildman–Crippen LogP) is 3.83. The number of nitrogens with one attached hydrogen (secondary N) is 2. The molecule has 1 unspecified atom stereocenters. The number of amides is 2. The normalized spacial score (nSPS) is 20.3. The Balaban J connectivity index is 1.74. The number of pyridine rings is 1. The van der Waals surface area contributed by atoms with E-state index in [1.807, 2.05) is 36.4 Å². The summed E-state index contributed by atoms with van der Waals surface area (Å²) in [6.45, 7) is 4.67. The van der Waals surface area contributed by atoms with Gasteiger partial charge in [-0.15, -0.1) is 0 Å². The molecule has 5 N–H and O–H groups in total. The van der Waals surface area contributed by atoms with Gasteiger partial charge in [0.15, 0.2) is 0 Å². The number of benzene rings is 1. The number of carbonyl (C=O) groups is 3. The molecule has 3 aromatic rings. The number of carbonyl (C=O) groups excluding carboxylic acids is 2. The minimum Gasteiger partial charge on any atom is -0.477 e. The highest BCUT2D eigenvalue weighted by atomic mass is 16.4. The number of aryl methyl sites for hydroxylation is 1. The monoisotopic (exact) mass is 519 g/mol. The minimum absolute atomic E-state index is 0.00155. The second-order valence-corrected chi connectivity index (χ2v) is 10.7. The van der Waals surface area contributed by atoms with Gasteiger partial charge in [-0.05, 0) is 43.4 Å². The van der Waals surface area contributed by atoms with Crippen LogP contribution >= 0.6 is 0 Å². The molecule has 0 radical (unpaired) electrons. The molecule has 1 aliphatic carbocycles. The number of carboxylic acids is 1. The Morgan fingerprint density at radius 1 is 1.18 bits per heavy atom. The van der Waals surface area contributed by atoms with Crippen molar-refractivity contribution in [2.24, 2.45) is 24.6 Å². The maximum atomic E-state index is 14.0. The summed E-state index contributed by atoms with van der Waals surface area (Å²) < 4.78 is 1.58. The van der Waals surface area contributed by atoms with E-state index in [1.165, 1.54) is 0 Å². The lowest BCUT2D eigenvalue weighted by Gasteiger charge is -2.42. The Kier molecular flexibility index (Phi) is 8.04. The lowest BCUT2D eigenvalue weighted by molar-refractivity contribution is -0.137. The molecule has 1 fully saturated rings. The van der Waals surface area contributed by atoms with Crippen LogP contribution < -0.4 is 16.4 Å². The Bertz CT molecular complexity index is 1320. The van der Waals surface area contributed by atoms with Crippen LogP contribution in [0.2, 0.25) is 0 Å². The number of aromatic nitrogens is 2. The number of hydrogen-bond acceptors (Lipinski definition) is 5. The van der Waals surface area contributed by atoms with E-state index < -0.39 is 23.2 Å². The standard InChI is InChI=1S/C29H37N5O4/c1-18(2)15-20(17-32-19-9-8-14-31-16-19)33-26(35)22-11-6-7-13-29(22,28(30)38)24-21-10-4-5-12-23(21)34(3)25(24)27(36)37/h4-5,8-10,12,14,16,18,20,22,32H,6-7,11,13,15,17H2,1-3H3,(H2,30,38)(H,33,35)(H,36,37)/t20?,22-,29-/m0/s1. The van der Waals surface area contributed by atoms with Crippen LogP contribution in [0.3, 0.4) is 0 Å². The SMILES string of the molecule is CC(C)CC(CNc1cccnc1)NC(=O)[C@@H]1CCCC[C@@]1(C(N)=O)c1c(C(=O)O)n(C)c2ccccc12. The van der Waals surface area contributed by atoms with Gasteiger partial charge in [-0.1, -0.05) is 44.9 Å². The number of carboxylic acid groups (broad SMARTS) is 1. The van der Waals surface area contributed by atoms with Gasteiger partial charge in [-0.2, -0.15) is 0 Å². The van der Waals surface area contributed by atoms with E-state index in [-0.39, 0.29) is 17.6 Å². The first kappa shape index (κ1) is 27.2. The van der Waals surface area contributed by atoms with E-state index in [0.717, 1.165) is 18.5 Å². The van der Waals surface area contributed by atoms with E-state index in [9.17, 15) is 19.5 Å². The summed E-state index contributed by atoms with van der Waals surface area (Å²) in [6.07, 6.45) is 6.34. The summed E-state index contributed by atoms with van der Waals surface area (Å²) >= 11 is 0. The first-order valence-electron chi connectivity index (χ1n) is 13.2. The van der Waals surface area contributed by atoms with Crippen molar-refractivity contribution in [3.63, 3.8) is 0 Å². The van der Waals surface area contributed by atoms with Gasteiger partial charge in [0.25, 0.3) is 0 Å². The van der Waals surface area contributed by atoms with Gasteiger partial charge in [0.05, 0.1) is 17.0 Å². The fourth-order valence-corrected chi connectivity index (χ4v) is 6.11. The number of fused-ring (bicyclic) bond motifs is 1. The summed E-state index contributed by atoms with van der Waals surface area (Å²) in [4.78, 5) is 44.1. The maximum Gasteiger partial charge on any atom is 0.352 e. The third-order valence-corrected chi connectivity index (χ3v) is 7.74. The molecule has 2 amide bonds. The van der Waals surface area contributed by atoms with Crippen LogP contribution in [0.1, 0.15) is 62.0 Å². The molecule has 0 bridgehead atoms. The summed E-state index contributed by atoms with van der Waals surface area (Å²) in [5.74, 6) is -2.55. The van der Waals surface area contributed by atoms with E-state index in [0.29, 0.717) is 48.2 Å². The van der Waals surface area contributed by atoms with Crippen LogP contribution in [-0.2, 0) is 22.1 Å². The van der Waals surface area contributed by atoms with E-state index >= 15 is 0 Å². The van der Waals surface area contributed by atoms with Gasteiger partial charge < -0.3 is 26.0 Å². The number of hydrogen-bond donors (Lipinski definition) is 4. The third kappa shape index (κ3) is 5.10. The third-order valence-electron chi connectivity index (χ3n) is 7.74. The van der Waals surface area contributed by atoms with E-state index in [4.69, 9.17) is 5.73 Å². The molecule has 2 aromatic heterocycles. The van der Waals surface area contributed by atoms with Crippen molar-refractivity contribution in [3.8, 4) is 0 Å². The summed E-state index contributed by atoms with van der Waals surface area (Å²) in [6, 6.07) is 10.8. The number of aromatic carboxylic acids is 1. The number of primary amides is 1. The van der Waals surface area contributed by atoms with E-state index in [1.54, 1.807) is 24.0 Å². The lowest BCUT2D eigenvalue weighted by atomic mass is 9.60. The van der Waals surface area contributed by atoms with Crippen molar-refractivity contribution in [1.82, 2.24) is 14.9 Å². The molecule has 0 aliphatic heterocycles. The smallest absolute Gasteiger partial charge is 0.352 e. The first-order valence-corrected chi connectivity index (χ1v) is 13.2. The number of para-hydroxylation sites is 1. The summed E-state index contributed by atoms with van der Waals surface area (Å²) in [5, 5.41) is 17.4. The number of anilines is 1. The van der Waals surface area contributed by atoms with Gasteiger partial charge in [0, 0.05) is 48.5 Å². The maximum absolute atomic E-state index is 14.0. The van der Waals surface area contributed by atoms with Gasteiger partial charge in [0.2, 0.25) is 11.8 Å². The first-order chi connectivity index (χ1) is 18.2. The van der Waals surface area contributed by atoms with E-state index in [2.05, 4.69) is 29.5 Å². The topological polar surface area (TPSA) is 139 Å². The van der Waals surface area contributed by atoms with Gasteiger partial charge in [-0.3, -0.25) is 14.6 Å². The second-order valence-electron chi connectivity index (χ2n) is 10.7. The van der Waals surface area contributed by atoms with Crippen molar-refractivity contribution >= 4 is 34.4 Å². The molecule has 9 heteroatoms. The molecule has 0 spiro atoms. The van der Waals surface area contributed by atoms with Gasteiger partial charge in [0.1, 0.15) is 5.69 Å². The number of nitrogens with zero attached hydrogens (tertiary/aromatic N) is 2. The molecule has 1 aromatic carbocycles. The molecular weight excluding hydrogens is 482 g/mol. The van der Waals surface area contributed by atoms with Crippen LogP contribution in [0.25, 0.3) is 10.9 Å². The Hall–Kier alpha value is -3.88. The zero-order valence-electron chi connectivity index (χ0n) is 22.2. The summed E-state index contributed by atoms with van der Waals surface area (Å²) in [5.41, 5.74) is 6.59. The molecule has 1 aliphatic rings. The highest BCUT2D eigenvalue weighted by Gasteiger charge is 2.54. The average molecular weight is 520 g/mol. The quantitative estimate of drug-likeness (QED) is 0.321. The van der Waals surface area contributed by atoms with Crippen LogP contribution in [0.4, 0.5) is 5.69 Å². The number of rotatable bonds is 10. The largest absolute Gasteiger partial charge is 0.477 e. The van der Waals surface area contributed by atoms with Crippen molar-refractivity contribution in [1.29, 1.82) is 0 Å². The minimum atomic E-state index is -1.43. The molecule has 4 rings (SSSR count). The molecule has 38 heavy (non-hydrogen) atoms. The molecule has 202 valence electrons. The van der Waals surface area contributed by atoms with Crippen molar-refractivity contribution in [3.05, 3.63) is 60.0 Å². The van der Waals surface area contributed by atoms with Crippen LogP contribution in [0.15, 0.2) is 48.8 Å². The highest BCUT2D eigenvalue weighted by Crippen LogP contribution is 2.48. The van der Waals surface area contributed by atoms with Crippen LogP contribution in [0, 0.1) is 11.8 Å². The van der Waals surface area contributed by atoms with Gasteiger partial charge in [-0.25, -0.2) is 4.79 Å². The molecule has 1 saturated carbocycles. The van der Waals surface area contributed by atoms with Crippen molar-refractivity contribution in [2.45, 2.75) is 57.4 Å². The fourth-order valence-electron chi connectivity index (χ4n) is 6.11. The Labute approximate surface area is 222 Å². The predicted molar refractivity (Wildman–Crippen MR) is 147 cm³/mol. The zero-order chi connectivity index (χ0) is 27.4. The van der Waals surface area contributed by atoms with Crippen molar-refractivity contribution < 1.29 is 19.5 Å². The van der Waals surface area contributed by atoms with Gasteiger partial charge >= 0.3 is 5.97 Å². The molecular formula is C29H37N5O4. The fraction of sp³-hybridized carbons (Fsp3) is 0.448. The molecule has 3 atom stereocenters. The number of nitrogens with two attached hydrogens (primary N) is 1. The molecule has 9 nitrogen and oxygen atoms in total. The van der Waals surface area contributed by atoms with Crippen molar-refractivity contribution in [2.75, 3.05) is 11.9 Å². The Morgan fingerprint density at radius 3 is 2.61 bits per heavy atom. The van der Waals surface area contributed by atoms with Crippen LogP contribution in [-0.4, -0.2) is 45.0 Å². The average Bonchev–Trinajstić information content (AvgIpc) is 3.20. The Morgan fingerprint density at radius 2 is 1.95 bits per heavy atom. The second kappa shape index (κ2) is 11.2. The highest BCUT2D eigenvalue weighted by molar-refractivity contribution is 6.06. The molecule has 0 saturated heterocycles.